The van der Waals surface area contributed by atoms with Crippen LogP contribution < -0.4 is 0 Å². The average molecular weight is 324 g/mol. The molecule has 0 saturated carbocycles. The van der Waals surface area contributed by atoms with Gasteiger partial charge in [0.25, 0.3) is 0 Å². The monoisotopic (exact) mass is 324 g/mol. The van der Waals surface area contributed by atoms with Crippen molar-refractivity contribution in [3.8, 4) is 0 Å². The van der Waals surface area contributed by atoms with Gasteiger partial charge in [0.15, 0.2) is 5.44 Å². The third-order valence-corrected chi connectivity index (χ3v) is 4.91. The van der Waals surface area contributed by atoms with Gasteiger partial charge in [-0.2, -0.15) is 0 Å². The first-order valence-corrected chi connectivity index (χ1v) is 7.58. The number of ether oxygens (including phenoxy) is 2. The lowest BCUT2D eigenvalue weighted by Gasteiger charge is -2.22. The van der Waals surface area contributed by atoms with E-state index in [0.29, 0.717) is 5.56 Å². The van der Waals surface area contributed by atoms with Gasteiger partial charge < -0.3 is 14.6 Å². The summed E-state index contributed by atoms with van der Waals surface area (Å²) in [6.45, 7) is 2.82. The Balaban J connectivity index is 1.92. The lowest BCUT2D eigenvalue weighted by atomic mass is 9.89. The van der Waals surface area contributed by atoms with E-state index in [1.165, 1.54) is 13.8 Å². The van der Waals surface area contributed by atoms with Crippen molar-refractivity contribution in [2.24, 2.45) is 5.41 Å². The lowest BCUT2D eigenvalue weighted by Crippen LogP contribution is -2.38. The number of carboxylic acid groups (broad SMARTS) is 1. The van der Waals surface area contributed by atoms with E-state index in [9.17, 15) is 14.4 Å². The SMILES string of the molecule is CC(C)(C(=O)O)C1SC(COC(=O)c2ccccc2)OC1=O. The fourth-order valence-corrected chi connectivity index (χ4v) is 3.09. The van der Waals surface area contributed by atoms with E-state index in [-0.39, 0.29) is 6.61 Å². The molecule has 1 N–H and O–H groups in total. The molecular formula is C15H16O6S. The maximum atomic E-state index is 11.8. The van der Waals surface area contributed by atoms with E-state index in [1.807, 2.05) is 0 Å². The molecule has 7 heteroatoms. The minimum absolute atomic E-state index is 0.115. The largest absolute Gasteiger partial charge is 0.481 e. The predicted molar refractivity (Wildman–Crippen MR) is 79.4 cm³/mol. The van der Waals surface area contributed by atoms with Crippen LogP contribution in [0.4, 0.5) is 0 Å². The van der Waals surface area contributed by atoms with Crippen LogP contribution in [0.3, 0.4) is 0 Å². The number of carbonyl (C=O) groups is 3. The maximum absolute atomic E-state index is 11.8. The number of thioether (sulfide) groups is 1. The molecule has 0 aromatic heterocycles. The molecule has 1 aliphatic rings. The van der Waals surface area contributed by atoms with Crippen molar-refractivity contribution >= 4 is 29.7 Å². The Labute approximate surface area is 131 Å². The minimum Gasteiger partial charge on any atom is -0.481 e. The highest BCUT2D eigenvalue weighted by Crippen LogP contribution is 2.40. The molecule has 1 aliphatic heterocycles. The number of hydrogen-bond donors (Lipinski definition) is 1. The fourth-order valence-electron chi connectivity index (χ4n) is 1.88. The molecule has 1 aromatic carbocycles. The molecule has 0 radical (unpaired) electrons. The first-order chi connectivity index (χ1) is 10.3. The van der Waals surface area contributed by atoms with Crippen molar-refractivity contribution < 1.29 is 29.0 Å². The molecule has 2 unspecified atom stereocenters. The summed E-state index contributed by atoms with van der Waals surface area (Å²) in [6.07, 6.45) is 0. The summed E-state index contributed by atoms with van der Waals surface area (Å²) < 4.78 is 10.2. The zero-order valence-corrected chi connectivity index (χ0v) is 13.0. The van der Waals surface area contributed by atoms with E-state index in [1.54, 1.807) is 30.3 Å². The van der Waals surface area contributed by atoms with Gasteiger partial charge in [-0.25, -0.2) is 4.79 Å². The van der Waals surface area contributed by atoms with Gasteiger partial charge in [0.05, 0.1) is 11.0 Å². The number of hydrogen-bond acceptors (Lipinski definition) is 6. The molecule has 2 rings (SSSR count). The molecule has 6 nitrogen and oxygen atoms in total. The summed E-state index contributed by atoms with van der Waals surface area (Å²) in [6, 6.07) is 8.45. The van der Waals surface area contributed by atoms with Gasteiger partial charge in [-0.05, 0) is 26.0 Å². The molecule has 118 valence electrons. The number of carboxylic acids is 1. The summed E-state index contributed by atoms with van der Waals surface area (Å²) in [7, 11) is 0. The lowest BCUT2D eigenvalue weighted by molar-refractivity contribution is -0.154. The van der Waals surface area contributed by atoms with Crippen LogP contribution in [0.15, 0.2) is 30.3 Å². The van der Waals surface area contributed by atoms with Gasteiger partial charge in [0.1, 0.15) is 11.9 Å². The first-order valence-electron chi connectivity index (χ1n) is 6.64. The number of benzene rings is 1. The summed E-state index contributed by atoms with van der Waals surface area (Å²) in [5.74, 6) is -2.19. The van der Waals surface area contributed by atoms with Gasteiger partial charge in [-0.15, -0.1) is 0 Å². The normalized spacial score (nSPS) is 21.3. The molecule has 0 bridgehead atoms. The predicted octanol–water partition coefficient (Wildman–Crippen LogP) is 1.94. The second kappa shape index (κ2) is 6.39. The topological polar surface area (TPSA) is 89.9 Å². The van der Waals surface area contributed by atoms with Gasteiger partial charge in [0, 0.05) is 0 Å². The van der Waals surface area contributed by atoms with Crippen LogP contribution in [0, 0.1) is 5.41 Å². The Morgan fingerprint density at radius 1 is 1.32 bits per heavy atom. The van der Waals surface area contributed by atoms with Crippen molar-refractivity contribution in [3.63, 3.8) is 0 Å². The van der Waals surface area contributed by atoms with Crippen molar-refractivity contribution in [3.05, 3.63) is 35.9 Å². The molecule has 2 atom stereocenters. The van der Waals surface area contributed by atoms with E-state index < -0.39 is 34.0 Å². The number of aliphatic carboxylic acids is 1. The zero-order chi connectivity index (χ0) is 16.3. The number of esters is 2. The van der Waals surface area contributed by atoms with Crippen molar-refractivity contribution in [2.45, 2.75) is 24.5 Å². The zero-order valence-electron chi connectivity index (χ0n) is 12.1. The van der Waals surface area contributed by atoms with E-state index in [2.05, 4.69) is 0 Å². The van der Waals surface area contributed by atoms with Crippen LogP contribution in [0.2, 0.25) is 0 Å². The quantitative estimate of drug-likeness (QED) is 0.828. The van der Waals surface area contributed by atoms with Gasteiger partial charge >= 0.3 is 17.9 Å². The number of cyclic esters (lactones) is 1. The second-order valence-electron chi connectivity index (χ2n) is 5.37. The average Bonchev–Trinajstić information content (AvgIpc) is 2.87. The van der Waals surface area contributed by atoms with Crippen LogP contribution in [0.25, 0.3) is 0 Å². The van der Waals surface area contributed by atoms with Crippen molar-refractivity contribution in [1.29, 1.82) is 0 Å². The van der Waals surface area contributed by atoms with Crippen LogP contribution >= 0.6 is 11.8 Å². The van der Waals surface area contributed by atoms with E-state index in [0.717, 1.165) is 11.8 Å². The molecule has 0 aliphatic carbocycles. The van der Waals surface area contributed by atoms with Crippen molar-refractivity contribution in [1.82, 2.24) is 0 Å². The highest BCUT2D eigenvalue weighted by Gasteiger charge is 2.49. The number of rotatable bonds is 5. The van der Waals surface area contributed by atoms with Crippen LogP contribution in [-0.4, -0.2) is 40.3 Å². The third kappa shape index (κ3) is 3.41. The molecule has 1 heterocycles. The first kappa shape index (κ1) is 16.4. The molecule has 0 spiro atoms. The standard InChI is InChI=1S/C15H16O6S/c1-15(2,14(18)19)11-13(17)21-10(22-11)8-20-12(16)9-6-4-3-5-7-9/h3-7,10-11H,8H2,1-2H3,(H,18,19). The van der Waals surface area contributed by atoms with Gasteiger partial charge in [-0.3, -0.25) is 9.59 Å². The minimum atomic E-state index is -1.25. The van der Waals surface area contributed by atoms with Gasteiger partial charge in [0.2, 0.25) is 0 Å². The summed E-state index contributed by atoms with van der Waals surface area (Å²) in [4.78, 5) is 34.8. The Bertz CT molecular complexity index is 583. The Kier molecular flexibility index (Phi) is 4.75. The highest BCUT2D eigenvalue weighted by atomic mass is 32.2. The highest BCUT2D eigenvalue weighted by molar-refractivity contribution is 8.01. The van der Waals surface area contributed by atoms with Crippen molar-refractivity contribution in [2.75, 3.05) is 6.61 Å². The second-order valence-corrected chi connectivity index (χ2v) is 6.64. The van der Waals surface area contributed by atoms with E-state index >= 15 is 0 Å². The van der Waals surface area contributed by atoms with Crippen LogP contribution in [-0.2, 0) is 19.1 Å². The maximum Gasteiger partial charge on any atom is 0.338 e. The molecular weight excluding hydrogens is 308 g/mol. The Morgan fingerprint density at radius 3 is 2.55 bits per heavy atom. The molecule has 0 amide bonds. The molecule has 22 heavy (non-hydrogen) atoms. The Morgan fingerprint density at radius 2 is 1.95 bits per heavy atom. The van der Waals surface area contributed by atoms with Crippen LogP contribution in [0.5, 0.6) is 0 Å². The smallest absolute Gasteiger partial charge is 0.338 e. The van der Waals surface area contributed by atoms with Gasteiger partial charge in [-0.1, -0.05) is 30.0 Å². The molecule has 1 saturated heterocycles. The summed E-state index contributed by atoms with van der Waals surface area (Å²) in [5, 5.41) is 8.34. The van der Waals surface area contributed by atoms with Crippen LogP contribution in [0.1, 0.15) is 24.2 Å². The van der Waals surface area contributed by atoms with E-state index in [4.69, 9.17) is 14.6 Å². The molecule has 1 aromatic rings. The number of carbonyl (C=O) groups excluding carboxylic acids is 2. The Hall–Kier alpha value is -2.02. The summed E-state index contributed by atoms with van der Waals surface area (Å²) >= 11 is 1.06. The molecule has 1 fully saturated rings. The fraction of sp³-hybridized carbons (Fsp3) is 0.400. The summed E-state index contributed by atoms with van der Waals surface area (Å²) in [5.41, 5.74) is -1.54. The third-order valence-electron chi connectivity index (χ3n) is 3.32.